The lowest BCUT2D eigenvalue weighted by atomic mass is 9.62. The van der Waals surface area contributed by atoms with Gasteiger partial charge in [-0.3, -0.25) is 9.59 Å². The van der Waals surface area contributed by atoms with Crippen molar-refractivity contribution in [3.63, 3.8) is 0 Å². The molecule has 0 bridgehead atoms. The summed E-state index contributed by atoms with van der Waals surface area (Å²) in [6, 6.07) is 12.4. The summed E-state index contributed by atoms with van der Waals surface area (Å²) >= 11 is 14.5. The van der Waals surface area contributed by atoms with E-state index in [0.717, 1.165) is 0 Å². The Hall–Kier alpha value is -2.27. The van der Waals surface area contributed by atoms with E-state index in [-0.39, 0.29) is 27.6 Å². The third-order valence-corrected chi connectivity index (χ3v) is 8.61. The first-order chi connectivity index (χ1) is 18.3. The molecule has 0 aliphatic carbocycles. The molecular weight excluding hydrogens is 658 g/mol. The minimum Gasteiger partial charge on any atom is -0.325 e. The maximum atomic E-state index is 15.8. The monoisotopic (exact) mass is 683 g/mol. The first-order valence-electron chi connectivity index (χ1n) is 12.4. The molecule has 5 rings (SSSR count). The second kappa shape index (κ2) is 10.3. The molecule has 0 aromatic heterocycles. The first-order valence-corrected chi connectivity index (χ1v) is 14.2. The number of halogens is 5. The molecular formula is C29H26Cl2F2IN3O2. The number of benzene rings is 3. The minimum atomic E-state index is -1.38. The van der Waals surface area contributed by atoms with Gasteiger partial charge >= 0.3 is 0 Å². The normalized spacial score (nSPS) is 24.1. The number of nitrogens with one attached hydrogen (secondary N) is 3. The lowest BCUT2D eigenvalue weighted by molar-refractivity contribution is -0.122. The topological polar surface area (TPSA) is 70.2 Å². The van der Waals surface area contributed by atoms with Crippen molar-refractivity contribution in [1.29, 1.82) is 0 Å². The lowest BCUT2D eigenvalue weighted by Gasteiger charge is -2.37. The quantitative estimate of drug-likeness (QED) is 0.254. The molecule has 1 saturated heterocycles. The summed E-state index contributed by atoms with van der Waals surface area (Å²) in [5.41, 5.74) is -0.433. The van der Waals surface area contributed by atoms with Crippen LogP contribution in [0.25, 0.3) is 0 Å². The van der Waals surface area contributed by atoms with Crippen LogP contribution in [-0.2, 0) is 15.0 Å². The largest absolute Gasteiger partial charge is 0.325 e. The van der Waals surface area contributed by atoms with Gasteiger partial charge in [-0.15, -0.1) is 0 Å². The SMILES string of the molecule is CC(C)(C)C[C@@H]1N[C@@H](C(=O)Nc2ccc(I)cc2F)[C@H](c2cccc(Cl)c2F)[C@]12C(=O)Nc1cc(Cl)ccc12. The Bertz CT molecular complexity index is 1500. The molecule has 3 aromatic carbocycles. The standard InChI is InChI=1S/C29H26Cl2F2IN3O2/c1-28(2,3)13-22-29(17-9-7-14(30)11-21(17)36-27(29)39)23(16-5-4-6-18(31)24(16)33)25(37-22)26(38)35-20-10-8-15(34)12-19(20)32/h4-12,22-23,25,37H,13H2,1-3H3,(H,35,38)(H,36,39)/t22-,23-,25+,29+/m0/s1. The number of hydrogen-bond acceptors (Lipinski definition) is 3. The summed E-state index contributed by atoms with van der Waals surface area (Å²) in [4.78, 5) is 28.0. The van der Waals surface area contributed by atoms with Crippen LogP contribution in [0.3, 0.4) is 0 Å². The van der Waals surface area contributed by atoms with E-state index in [1.54, 1.807) is 36.4 Å². The van der Waals surface area contributed by atoms with Gasteiger partial charge in [-0.1, -0.05) is 62.2 Å². The Morgan fingerprint density at radius 1 is 1.10 bits per heavy atom. The zero-order valence-electron chi connectivity index (χ0n) is 21.3. The zero-order valence-corrected chi connectivity index (χ0v) is 25.0. The molecule has 2 heterocycles. The van der Waals surface area contributed by atoms with E-state index in [2.05, 4.69) is 16.0 Å². The van der Waals surface area contributed by atoms with Crippen molar-refractivity contribution in [3.8, 4) is 0 Å². The maximum Gasteiger partial charge on any atom is 0.242 e. The Kier molecular flexibility index (Phi) is 7.45. The molecule has 2 amide bonds. The van der Waals surface area contributed by atoms with Gasteiger partial charge in [-0.05, 0) is 82.0 Å². The van der Waals surface area contributed by atoms with E-state index >= 15 is 4.39 Å². The summed E-state index contributed by atoms with van der Waals surface area (Å²) in [6.45, 7) is 6.09. The molecule has 1 fully saturated rings. The van der Waals surface area contributed by atoms with Crippen LogP contribution in [0.5, 0.6) is 0 Å². The molecule has 4 atom stereocenters. The average Bonchev–Trinajstić information content (AvgIpc) is 3.31. The highest BCUT2D eigenvalue weighted by Crippen LogP contribution is 2.57. The van der Waals surface area contributed by atoms with E-state index in [0.29, 0.717) is 26.3 Å². The fraction of sp³-hybridized carbons (Fsp3) is 0.310. The summed E-state index contributed by atoms with van der Waals surface area (Å²) in [5.74, 6) is -3.29. The van der Waals surface area contributed by atoms with Gasteiger partial charge in [0.05, 0.1) is 16.8 Å². The number of carbonyl (C=O) groups excluding carboxylic acids is 2. The highest BCUT2D eigenvalue weighted by atomic mass is 127. The van der Waals surface area contributed by atoms with Gasteiger partial charge in [-0.2, -0.15) is 0 Å². The highest BCUT2D eigenvalue weighted by Gasteiger charge is 2.66. The van der Waals surface area contributed by atoms with Gasteiger partial charge in [-0.25, -0.2) is 8.78 Å². The minimum absolute atomic E-state index is 0.0103. The molecule has 0 unspecified atom stereocenters. The Morgan fingerprint density at radius 3 is 2.54 bits per heavy atom. The van der Waals surface area contributed by atoms with Gasteiger partial charge in [0.2, 0.25) is 11.8 Å². The second-order valence-corrected chi connectivity index (χ2v) is 13.3. The number of carbonyl (C=O) groups is 2. The fourth-order valence-corrected chi connectivity index (χ4v) is 6.76. The molecule has 10 heteroatoms. The molecule has 0 radical (unpaired) electrons. The Labute approximate surface area is 249 Å². The van der Waals surface area contributed by atoms with Gasteiger partial charge in [0, 0.05) is 26.2 Å². The molecule has 3 aromatic rings. The molecule has 204 valence electrons. The van der Waals surface area contributed by atoms with Gasteiger partial charge in [0.25, 0.3) is 0 Å². The van der Waals surface area contributed by atoms with E-state index in [1.807, 2.05) is 43.4 Å². The molecule has 0 saturated carbocycles. The summed E-state index contributed by atoms with van der Waals surface area (Å²) in [6.07, 6.45) is 0.475. The van der Waals surface area contributed by atoms with Crippen molar-refractivity contribution >= 4 is 69.0 Å². The van der Waals surface area contributed by atoms with E-state index < -0.39 is 41.0 Å². The fourth-order valence-electron chi connectivity index (χ4n) is 5.95. The highest BCUT2D eigenvalue weighted by molar-refractivity contribution is 14.1. The third kappa shape index (κ3) is 4.94. The zero-order chi connectivity index (χ0) is 28.3. The maximum absolute atomic E-state index is 15.8. The van der Waals surface area contributed by atoms with Crippen molar-refractivity contribution in [2.45, 2.75) is 50.6 Å². The van der Waals surface area contributed by atoms with Crippen molar-refractivity contribution in [3.05, 3.63) is 91.0 Å². The van der Waals surface area contributed by atoms with E-state index in [1.165, 1.54) is 18.2 Å². The number of anilines is 2. The average molecular weight is 684 g/mol. The lowest BCUT2D eigenvalue weighted by Crippen LogP contribution is -2.49. The van der Waals surface area contributed by atoms with Crippen molar-refractivity contribution in [2.24, 2.45) is 5.41 Å². The first kappa shape index (κ1) is 28.3. The molecule has 2 aliphatic rings. The number of rotatable bonds is 4. The van der Waals surface area contributed by atoms with Crippen LogP contribution in [0.2, 0.25) is 10.0 Å². The van der Waals surface area contributed by atoms with Crippen LogP contribution in [0.15, 0.2) is 54.6 Å². The molecule has 3 N–H and O–H groups in total. The van der Waals surface area contributed by atoms with Crippen molar-refractivity contribution in [1.82, 2.24) is 5.32 Å². The summed E-state index contributed by atoms with van der Waals surface area (Å²) in [7, 11) is 0. The van der Waals surface area contributed by atoms with E-state index in [9.17, 15) is 14.0 Å². The Balaban J connectivity index is 1.73. The van der Waals surface area contributed by atoms with Crippen molar-refractivity contribution < 1.29 is 18.4 Å². The van der Waals surface area contributed by atoms with Crippen LogP contribution < -0.4 is 16.0 Å². The summed E-state index contributed by atoms with van der Waals surface area (Å²) < 4.78 is 31.2. The van der Waals surface area contributed by atoms with Crippen LogP contribution in [-0.4, -0.2) is 23.9 Å². The van der Waals surface area contributed by atoms with Crippen LogP contribution >= 0.6 is 45.8 Å². The predicted molar refractivity (Wildman–Crippen MR) is 158 cm³/mol. The van der Waals surface area contributed by atoms with Crippen molar-refractivity contribution in [2.75, 3.05) is 10.6 Å². The number of amides is 2. The van der Waals surface area contributed by atoms with Crippen LogP contribution in [0.4, 0.5) is 20.2 Å². The molecule has 39 heavy (non-hydrogen) atoms. The van der Waals surface area contributed by atoms with Crippen LogP contribution in [0, 0.1) is 20.6 Å². The molecule has 2 aliphatic heterocycles. The Morgan fingerprint density at radius 2 is 1.85 bits per heavy atom. The van der Waals surface area contributed by atoms with Gasteiger partial charge < -0.3 is 16.0 Å². The number of hydrogen-bond donors (Lipinski definition) is 3. The third-order valence-electron chi connectivity index (χ3n) is 7.41. The van der Waals surface area contributed by atoms with E-state index in [4.69, 9.17) is 23.2 Å². The predicted octanol–water partition coefficient (Wildman–Crippen LogP) is 7.27. The second-order valence-electron chi connectivity index (χ2n) is 11.2. The molecule has 1 spiro atoms. The van der Waals surface area contributed by atoms with Crippen LogP contribution in [0.1, 0.15) is 44.2 Å². The van der Waals surface area contributed by atoms with Gasteiger partial charge in [0.15, 0.2) is 0 Å². The van der Waals surface area contributed by atoms with Gasteiger partial charge in [0.1, 0.15) is 17.0 Å². The smallest absolute Gasteiger partial charge is 0.242 e. The summed E-state index contributed by atoms with van der Waals surface area (Å²) in [5, 5.41) is 9.27. The number of fused-ring (bicyclic) bond motifs is 2. The molecule has 5 nitrogen and oxygen atoms in total.